The lowest BCUT2D eigenvalue weighted by atomic mass is 10.2. The minimum absolute atomic E-state index is 0.121. The van der Waals surface area contributed by atoms with Crippen LogP contribution in [0.4, 0.5) is 17.5 Å². The lowest BCUT2D eigenvalue weighted by Crippen LogP contribution is -2.48. The smallest absolute Gasteiger partial charge is 0.229 e. The zero-order valence-corrected chi connectivity index (χ0v) is 14.5. The number of nitrogens with one attached hydrogen (secondary N) is 1. The van der Waals surface area contributed by atoms with Crippen molar-refractivity contribution in [3.63, 3.8) is 0 Å². The first-order chi connectivity index (χ1) is 11.5. The van der Waals surface area contributed by atoms with Gasteiger partial charge in [-0.3, -0.25) is 4.79 Å². The van der Waals surface area contributed by atoms with Gasteiger partial charge < -0.3 is 15.1 Å². The summed E-state index contributed by atoms with van der Waals surface area (Å²) in [6.45, 7) is 6.54. The summed E-state index contributed by atoms with van der Waals surface area (Å²) in [6.07, 6.45) is 1.73. The van der Waals surface area contributed by atoms with E-state index >= 15 is 0 Å². The van der Waals surface area contributed by atoms with E-state index in [2.05, 4.69) is 20.2 Å². The van der Waals surface area contributed by atoms with Crippen LogP contribution in [0, 0.1) is 6.92 Å². The Hall–Kier alpha value is -2.34. The molecule has 1 N–H and O–H groups in total. The molecule has 0 spiro atoms. The molecular weight excluding hydrogens is 326 g/mol. The normalized spacial score (nSPS) is 14.6. The van der Waals surface area contributed by atoms with Crippen LogP contribution < -0.4 is 10.2 Å². The summed E-state index contributed by atoms with van der Waals surface area (Å²) in [7, 11) is 0. The molecule has 2 aromatic rings. The van der Waals surface area contributed by atoms with Crippen LogP contribution in [0.5, 0.6) is 0 Å². The molecule has 1 aromatic heterocycles. The van der Waals surface area contributed by atoms with Gasteiger partial charge in [0.15, 0.2) is 0 Å². The third-order valence-corrected chi connectivity index (χ3v) is 4.53. The number of nitrogens with zero attached hydrogens (tertiary/aromatic N) is 4. The predicted octanol–water partition coefficient (Wildman–Crippen LogP) is 2.85. The second-order valence-electron chi connectivity index (χ2n) is 5.82. The number of amides is 1. The molecule has 1 saturated heterocycles. The molecule has 1 aromatic carbocycles. The monoisotopic (exact) mass is 345 g/mol. The number of hydrogen-bond donors (Lipinski definition) is 1. The highest BCUT2D eigenvalue weighted by Crippen LogP contribution is 2.23. The summed E-state index contributed by atoms with van der Waals surface area (Å²) >= 11 is 6.15. The fourth-order valence-corrected chi connectivity index (χ4v) is 2.82. The van der Waals surface area contributed by atoms with Crippen molar-refractivity contribution < 1.29 is 4.79 Å². The average molecular weight is 346 g/mol. The van der Waals surface area contributed by atoms with Crippen LogP contribution >= 0.6 is 11.6 Å². The van der Waals surface area contributed by atoms with Crippen LogP contribution in [0.15, 0.2) is 30.5 Å². The lowest BCUT2D eigenvalue weighted by Gasteiger charge is -2.34. The Bertz CT molecular complexity index is 744. The van der Waals surface area contributed by atoms with Crippen molar-refractivity contribution in [2.24, 2.45) is 0 Å². The molecule has 6 nitrogen and oxygen atoms in total. The first-order valence-electron chi connectivity index (χ1n) is 7.89. The van der Waals surface area contributed by atoms with Gasteiger partial charge in [0, 0.05) is 50.0 Å². The van der Waals surface area contributed by atoms with Crippen LogP contribution in [-0.2, 0) is 4.79 Å². The molecular formula is C17H20ClN5O. The fraction of sp³-hybridized carbons (Fsp3) is 0.353. The van der Waals surface area contributed by atoms with Crippen molar-refractivity contribution >= 4 is 35.0 Å². The molecule has 0 bridgehead atoms. The maximum absolute atomic E-state index is 11.4. The van der Waals surface area contributed by atoms with E-state index in [9.17, 15) is 4.79 Å². The number of hydrogen-bond acceptors (Lipinski definition) is 5. The van der Waals surface area contributed by atoms with Gasteiger partial charge >= 0.3 is 0 Å². The van der Waals surface area contributed by atoms with Crippen molar-refractivity contribution in [1.29, 1.82) is 0 Å². The maximum Gasteiger partial charge on any atom is 0.229 e. The van der Waals surface area contributed by atoms with Crippen LogP contribution in [0.25, 0.3) is 0 Å². The van der Waals surface area contributed by atoms with Crippen molar-refractivity contribution in [2.75, 3.05) is 36.4 Å². The third-order valence-electron chi connectivity index (χ3n) is 4.12. The number of aryl methyl sites for hydroxylation is 1. The van der Waals surface area contributed by atoms with E-state index < -0.39 is 0 Å². The van der Waals surface area contributed by atoms with Gasteiger partial charge in [0.2, 0.25) is 11.9 Å². The first-order valence-corrected chi connectivity index (χ1v) is 8.27. The number of carbonyl (C=O) groups excluding carboxylic acids is 1. The van der Waals surface area contributed by atoms with Crippen molar-refractivity contribution in [3.05, 3.63) is 41.0 Å². The van der Waals surface area contributed by atoms with E-state index in [0.29, 0.717) is 11.0 Å². The first kappa shape index (κ1) is 16.5. The molecule has 2 heterocycles. The summed E-state index contributed by atoms with van der Waals surface area (Å²) in [5.74, 6) is 1.51. The van der Waals surface area contributed by atoms with Crippen LogP contribution in [0.2, 0.25) is 5.02 Å². The molecule has 1 aliphatic rings. The minimum Gasteiger partial charge on any atom is -0.353 e. The Labute approximate surface area is 146 Å². The van der Waals surface area contributed by atoms with Gasteiger partial charge in [-0.15, -0.1) is 0 Å². The summed E-state index contributed by atoms with van der Waals surface area (Å²) in [5.41, 5.74) is 1.88. The third kappa shape index (κ3) is 3.76. The van der Waals surface area contributed by atoms with Gasteiger partial charge in [-0.2, -0.15) is 4.98 Å². The van der Waals surface area contributed by atoms with Crippen LogP contribution in [-0.4, -0.2) is 47.0 Å². The number of piperazine rings is 1. The van der Waals surface area contributed by atoms with Gasteiger partial charge in [-0.1, -0.05) is 17.7 Å². The molecule has 0 unspecified atom stereocenters. The predicted molar refractivity (Wildman–Crippen MR) is 96.0 cm³/mol. The molecule has 0 atom stereocenters. The van der Waals surface area contributed by atoms with Gasteiger partial charge in [0.1, 0.15) is 5.82 Å². The molecule has 0 aliphatic carbocycles. The van der Waals surface area contributed by atoms with Gasteiger partial charge in [-0.05, 0) is 30.7 Å². The van der Waals surface area contributed by atoms with Gasteiger partial charge in [0.05, 0.1) is 0 Å². The Morgan fingerprint density at radius 2 is 1.96 bits per heavy atom. The molecule has 3 rings (SSSR count). The summed E-state index contributed by atoms with van der Waals surface area (Å²) in [5, 5.41) is 3.89. The molecule has 1 fully saturated rings. The second-order valence-corrected chi connectivity index (χ2v) is 6.23. The topological polar surface area (TPSA) is 61.4 Å². The number of halogens is 1. The summed E-state index contributed by atoms with van der Waals surface area (Å²) in [4.78, 5) is 24.3. The largest absolute Gasteiger partial charge is 0.353 e. The van der Waals surface area contributed by atoms with Crippen molar-refractivity contribution in [3.8, 4) is 0 Å². The number of anilines is 3. The number of carbonyl (C=O) groups is 1. The van der Waals surface area contributed by atoms with E-state index in [1.54, 1.807) is 13.1 Å². The van der Waals surface area contributed by atoms with E-state index in [1.165, 1.54) is 0 Å². The summed E-state index contributed by atoms with van der Waals surface area (Å²) in [6, 6.07) is 7.65. The molecule has 1 aliphatic heterocycles. The zero-order valence-electron chi connectivity index (χ0n) is 13.8. The number of aromatic nitrogens is 2. The lowest BCUT2D eigenvalue weighted by molar-refractivity contribution is -0.129. The summed E-state index contributed by atoms with van der Waals surface area (Å²) < 4.78 is 0. The Morgan fingerprint density at radius 1 is 1.21 bits per heavy atom. The molecule has 0 radical (unpaired) electrons. The second kappa shape index (κ2) is 7.05. The Balaban J connectivity index is 1.70. The molecule has 0 saturated carbocycles. The number of rotatable bonds is 3. The highest BCUT2D eigenvalue weighted by Gasteiger charge is 2.19. The van der Waals surface area contributed by atoms with Gasteiger partial charge in [-0.25, -0.2) is 4.98 Å². The molecule has 126 valence electrons. The van der Waals surface area contributed by atoms with E-state index in [4.69, 9.17) is 11.6 Å². The van der Waals surface area contributed by atoms with Gasteiger partial charge in [0.25, 0.3) is 0 Å². The SMILES string of the molecule is CC(=O)N1CCN(c2ccnc(Nc3ccc(C)c(Cl)c3)n2)CC1. The fourth-order valence-electron chi connectivity index (χ4n) is 2.64. The highest BCUT2D eigenvalue weighted by atomic mass is 35.5. The van der Waals surface area contributed by atoms with Crippen LogP contribution in [0.3, 0.4) is 0 Å². The Morgan fingerprint density at radius 3 is 2.62 bits per heavy atom. The molecule has 1 amide bonds. The Kier molecular flexibility index (Phi) is 4.85. The number of benzene rings is 1. The minimum atomic E-state index is 0.121. The molecule has 7 heteroatoms. The van der Waals surface area contributed by atoms with Crippen molar-refractivity contribution in [1.82, 2.24) is 14.9 Å². The van der Waals surface area contributed by atoms with Crippen LogP contribution in [0.1, 0.15) is 12.5 Å². The van der Waals surface area contributed by atoms with E-state index in [0.717, 1.165) is 43.2 Å². The maximum atomic E-state index is 11.4. The zero-order chi connectivity index (χ0) is 17.1. The molecule has 24 heavy (non-hydrogen) atoms. The standard InChI is InChI=1S/C17H20ClN5O/c1-12-3-4-14(11-15(12)18)20-17-19-6-5-16(21-17)23-9-7-22(8-10-23)13(2)24/h3-6,11H,7-10H2,1-2H3,(H,19,20,21). The van der Waals surface area contributed by atoms with Crippen molar-refractivity contribution in [2.45, 2.75) is 13.8 Å². The van der Waals surface area contributed by atoms with E-state index in [-0.39, 0.29) is 5.91 Å². The quantitative estimate of drug-likeness (QED) is 0.926. The van der Waals surface area contributed by atoms with E-state index in [1.807, 2.05) is 36.1 Å². The average Bonchev–Trinajstić information content (AvgIpc) is 2.58. The highest BCUT2D eigenvalue weighted by molar-refractivity contribution is 6.31.